The molecule has 0 aliphatic rings. The summed E-state index contributed by atoms with van der Waals surface area (Å²) in [5.41, 5.74) is 6.14. The average molecular weight is 538 g/mol. The Morgan fingerprint density at radius 2 is 1.59 bits per heavy atom. The smallest absolute Gasteiger partial charge is 0.495 e. The first-order valence-corrected chi connectivity index (χ1v) is 12.4. The van der Waals surface area contributed by atoms with Crippen molar-refractivity contribution in [2.75, 3.05) is 18.2 Å². The van der Waals surface area contributed by atoms with Gasteiger partial charge in [-0.3, -0.25) is 4.79 Å². The second kappa shape index (κ2) is 10.3. The van der Waals surface area contributed by atoms with Crippen LogP contribution < -0.4 is 25.2 Å². The zero-order chi connectivity index (χ0) is 27.6. The summed E-state index contributed by atoms with van der Waals surface area (Å²) in [4.78, 5) is 12.7. The molecule has 8 nitrogen and oxygen atoms in total. The number of carbonyl (C=O) groups excluding carboxylic acids is 1. The predicted octanol–water partition coefficient (Wildman–Crippen LogP) is 5.17. The van der Waals surface area contributed by atoms with Gasteiger partial charge in [-0.25, -0.2) is 13.1 Å². The molecule has 37 heavy (non-hydrogen) atoms. The number of rotatable bonds is 7. The lowest BCUT2D eigenvalue weighted by Gasteiger charge is -2.21. The summed E-state index contributed by atoms with van der Waals surface area (Å²) in [6.45, 7) is 5.10. The van der Waals surface area contributed by atoms with Gasteiger partial charge >= 0.3 is 6.36 Å². The van der Waals surface area contributed by atoms with E-state index in [1.165, 1.54) is 61.7 Å². The summed E-state index contributed by atoms with van der Waals surface area (Å²) in [5.74, 6) is -0.990. The molecule has 0 saturated heterocycles. The number of carbonyl (C=O) groups is 1. The molecular formula is C25H26F3N3O5S. The number of alkyl halides is 3. The van der Waals surface area contributed by atoms with Gasteiger partial charge in [0.05, 0.1) is 7.11 Å². The highest BCUT2D eigenvalue weighted by Crippen LogP contribution is 2.37. The second-order valence-electron chi connectivity index (χ2n) is 9.02. The Kier molecular flexibility index (Phi) is 7.75. The first-order valence-electron chi connectivity index (χ1n) is 10.9. The molecule has 0 atom stereocenters. The number of sulfonamides is 1. The Labute approximate surface area is 212 Å². The van der Waals surface area contributed by atoms with Gasteiger partial charge in [-0.2, -0.15) is 0 Å². The summed E-state index contributed by atoms with van der Waals surface area (Å²) in [7, 11) is -2.59. The van der Waals surface area contributed by atoms with E-state index in [9.17, 15) is 26.4 Å². The number of amides is 1. The highest BCUT2D eigenvalue weighted by Gasteiger charge is 2.32. The van der Waals surface area contributed by atoms with Crippen molar-refractivity contribution in [2.45, 2.75) is 37.6 Å². The first kappa shape index (κ1) is 27.8. The topological polar surface area (TPSA) is 120 Å². The minimum Gasteiger partial charge on any atom is -0.495 e. The van der Waals surface area contributed by atoms with Crippen LogP contribution in [-0.4, -0.2) is 33.3 Å². The van der Waals surface area contributed by atoms with Crippen LogP contribution in [0.2, 0.25) is 0 Å². The van der Waals surface area contributed by atoms with Crippen molar-refractivity contribution < 1.29 is 35.9 Å². The van der Waals surface area contributed by atoms with Crippen LogP contribution in [0.4, 0.5) is 24.5 Å². The molecule has 3 aromatic carbocycles. The van der Waals surface area contributed by atoms with Crippen LogP contribution in [0.5, 0.6) is 11.5 Å². The number of anilines is 2. The van der Waals surface area contributed by atoms with Crippen LogP contribution in [0.25, 0.3) is 11.1 Å². The maximum absolute atomic E-state index is 12.8. The molecule has 0 saturated carbocycles. The summed E-state index contributed by atoms with van der Waals surface area (Å²) < 4.78 is 75.6. The Balaban J connectivity index is 1.86. The zero-order valence-corrected chi connectivity index (χ0v) is 21.3. The Morgan fingerprint density at radius 3 is 2.19 bits per heavy atom. The Hall–Kier alpha value is -3.77. The minimum absolute atomic E-state index is 0.0192. The van der Waals surface area contributed by atoms with E-state index in [1.807, 2.05) is 0 Å². The van der Waals surface area contributed by atoms with E-state index in [-0.39, 0.29) is 38.7 Å². The van der Waals surface area contributed by atoms with Crippen LogP contribution in [0.15, 0.2) is 65.6 Å². The lowest BCUT2D eigenvalue weighted by molar-refractivity contribution is -0.274. The summed E-state index contributed by atoms with van der Waals surface area (Å²) >= 11 is 0. The highest BCUT2D eigenvalue weighted by atomic mass is 32.2. The number of hydrogen-bond acceptors (Lipinski definition) is 6. The molecule has 198 valence electrons. The third kappa shape index (κ3) is 7.14. The van der Waals surface area contributed by atoms with Crippen LogP contribution >= 0.6 is 0 Å². The van der Waals surface area contributed by atoms with Crippen molar-refractivity contribution in [1.82, 2.24) is 4.72 Å². The molecular weight excluding hydrogens is 511 g/mol. The second-order valence-corrected chi connectivity index (χ2v) is 10.7. The number of nitrogen functional groups attached to an aromatic ring is 1. The molecule has 12 heteroatoms. The fourth-order valence-corrected chi connectivity index (χ4v) is 5.05. The molecule has 3 rings (SSSR count). The van der Waals surface area contributed by atoms with E-state index in [2.05, 4.69) is 14.8 Å². The van der Waals surface area contributed by atoms with E-state index in [1.54, 1.807) is 20.8 Å². The normalized spacial score (nSPS) is 12.2. The lowest BCUT2D eigenvalue weighted by Crippen LogP contribution is -2.40. The van der Waals surface area contributed by atoms with Gasteiger partial charge in [0.25, 0.3) is 5.91 Å². The van der Waals surface area contributed by atoms with Gasteiger partial charge in [0.1, 0.15) is 16.4 Å². The number of benzene rings is 3. The summed E-state index contributed by atoms with van der Waals surface area (Å²) in [6, 6.07) is 13.7. The maximum atomic E-state index is 12.8. The Bertz CT molecular complexity index is 1420. The third-order valence-corrected chi connectivity index (χ3v) is 6.67. The first-order chi connectivity index (χ1) is 17.1. The Morgan fingerprint density at radius 1 is 0.919 bits per heavy atom. The molecule has 0 aliphatic heterocycles. The molecule has 0 bridgehead atoms. The molecule has 4 N–H and O–H groups in total. The SMILES string of the molecule is COc1cc(NC(=O)c2ccc(-c3ccccc3OC(F)(F)F)c(N)c2)ccc1S(=O)(=O)NC(C)(C)C. The van der Waals surface area contributed by atoms with E-state index in [4.69, 9.17) is 10.5 Å². The quantitative estimate of drug-likeness (QED) is 0.358. The van der Waals surface area contributed by atoms with Gasteiger partial charge in [0, 0.05) is 39.7 Å². The van der Waals surface area contributed by atoms with Crippen LogP contribution in [-0.2, 0) is 10.0 Å². The summed E-state index contributed by atoms with van der Waals surface area (Å²) in [6.07, 6.45) is -4.89. The molecule has 0 aromatic heterocycles. The van der Waals surface area contributed by atoms with Gasteiger partial charge in [0.2, 0.25) is 10.0 Å². The molecule has 0 radical (unpaired) electrons. The maximum Gasteiger partial charge on any atom is 0.573 e. The van der Waals surface area contributed by atoms with Crippen LogP contribution in [0, 0.1) is 0 Å². The monoisotopic (exact) mass is 537 g/mol. The number of nitrogens with two attached hydrogens (primary N) is 1. The van der Waals surface area contributed by atoms with Crippen molar-refractivity contribution in [1.29, 1.82) is 0 Å². The number of methoxy groups -OCH3 is 1. The molecule has 0 unspecified atom stereocenters. The van der Waals surface area contributed by atoms with Crippen LogP contribution in [0.3, 0.4) is 0 Å². The average Bonchev–Trinajstić information content (AvgIpc) is 2.76. The zero-order valence-electron chi connectivity index (χ0n) is 20.4. The van der Waals surface area contributed by atoms with Gasteiger partial charge < -0.3 is 20.5 Å². The van der Waals surface area contributed by atoms with E-state index in [0.717, 1.165) is 6.07 Å². The minimum atomic E-state index is -4.89. The van der Waals surface area contributed by atoms with Gasteiger partial charge in [-0.05, 0) is 51.1 Å². The molecule has 0 spiro atoms. The number of halogens is 3. The van der Waals surface area contributed by atoms with E-state index in [0.29, 0.717) is 0 Å². The van der Waals surface area contributed by atoms with Crippen molar-refractivity contribution in [3.63, 3.8) is 0 Å². The number of nitrogens with one attached hydrogen (secondary N) is 2. The fraction of sp³-hybridized carbons (Fsp3) is 0.240. The number of hydrogen-bond donors (Lipinski definition) is 3. The summed E-state index contributed by atoms with van der Waals surface area (Å²) in [5, 5.41) is 2.63. The van der Waals surface area contributed by atoms with Crippen LogP contribution in [0.1, 0.15) is 31.1 Å². The largest absolute Gasteiger partial charge is 0.573 e. The van der Waals surface area contributed by atoms with Gasteiger partial charge in [-0.1, -0.05) is 24.3 Å². The predicted molar refractivity (Wildman–Crippen MR) is 134 cm³/mol. The number of para-hydroxylation sites is 1. The highest BCUT2D eigenvalue weighted by molar-refractivity contribution is 7.89. The van der Waals surface area contributed by atoms with E-state index < -0.39 is 33.6 Å². The van der Waals surface area contributed by atoms with Gasteiger partial charge in [0.15, 0.2) is 0 Å². The van der Waals surface area contributed by atoms with Crippen molar-refractivity contribution >= 4 is 27.3 Å². The lowest BCUT2D eigenvalue weighted by atomic mass is 10.0. The molecule has 0 fully saturated rings. The van der Waals surface area contributed by atoms with Crippen molar-refractivity contribution in [3.05, 3.63) is 66.2 Å². The van der Waals surface area contributed by atoms with Crippen molar-refractivity contribution in [2.24, 2.45) is 0 Å². The number of ether oxygens (including phenoxy) is 2. The van der Waals surface area contributed by atoms with Crippen molar-refractivity contribution in [3.8, 4) is 22.6 Å². The standard InChI is InChI=1S/C25H26F3N3O5S/c1-24(2,3)31-37(33,34)22-12-10-16(14-21(22)35-4)30-23(32)15-9-11-17(19(29)13-15)18-7-5-6-8-20(18)36-25(26,27)28/h5-14,31H,29H2,1-4H3,(H,30,32). The van der Waals surface area contributed by atoms with Gasteiger partial charge in [-0.15, -0.1) is 13.2 Å². The molecule has 1 amide bonds. The molecule has 0 heterocycles. The molecule has 0 aliphatic carbocycles. The van der Waals surface area contributed by atoms with E-state index >= 15 is 0 Å². The molecule has 3 aromatic rings. The third-order valence-electron chi connectivity index (χ3n) is 4.87. The fourth-order valence-electron chi connectivity index (χ4n) is 3.48.